The van der Waals surface area contributed by atoms with Crippen LogP contribution in [0.1, 0.15) is 16.1 Å². The largest absolute Gasteiger partial charge is 0.360 e. The van der Waals surface area contributed by atoms with Crippen molar-refractivity contribution >= 4 is 52.6 Å². The zero-order valence-electron chi connectivity index (χ0n) is 12.6. The number of hydrogen-bond acceptors (Lipinski definition) is 6. The number of nitrogens with one attached hydrogen (secondary N) is 1. The topological polar surface area (TPSA) is 58.4 Å². The minimum atomic E-state index is -0.250. The van der Waals surface area contributed by atoms with E-state index in [0.717, 1.165) is 11.5 Å². The lowest BCUT2D eigenvalue weighted by atomic mass is 10.1. The first kappa shape index (κ1) is 16.6. The molecule has 24 heavy (non-hydrogen) atoms. The third kappa shape index (κ3) is 2.72. The number of carbonyl (C=O) groups excluding carboxylic acids is 1. The quantitative estimate of drug-likeness (QED) is 0.836. The van der Waals surface area contributed by atoms with Gasteiger partial charge in [0, 0.05) is 17.1 Å². The molecular weight excluding hydrogens is 389 g/mol. The van der Waals surface area contributed by atoms with Crippen LogP contribution in [0.5, 0.6) is 0 Å². The van der Waals surface area contributed by atoms with E-state index in [0.29, 0.717) is 43.4 Å². The van der Waals surface area contributed by atoms with E-state index in [1.165, 1.54) is 0 Å². The van der Waals surface area contributed by atoms with Crippen molar-refractivity contribution in [2.75, 3.05) is 11.5 Å². The standard InChI is InChI=1S/C15H13Cl2N3O2S2/c1-7-12(15(21)18-20-10-5-23-11(20)6-24-10)14(19-22-7)13-8(16)3-2-4-9(13)17/h2-4,10-11H,5-6H2,1H3,(H,18,21). The molecule has 126 valence electrons. The average molecular weight is 402 g/mol. The van der Waals surface area contributed by atoms with Gasteiger partial charge in [0.1, 0.15) is 17.0 Å². The van der Waals surface area contributed by atoms with Gasteiger partial charge in [0.05, 0.1) is 20.8 Å². The Bertz CT molecular complexity index is 774. The summed E-state index contributed by atoms with van der Waals surface area (Å²) in [4.78, 5) is 12.9. The van der Waals surface area contributed by atoms with Crippen molar-refractivity contribution in [1.82, 2.24) is 15.6 Å². The van der Waals surface area contributed by atoms with Crippen molar-refractivity contribution in [3.05, 3.63) is 39.6 Å². The van der Waals surface area contributed by atoms with E-state index >= 15 is 0 Å². The Morgan fingerprint density at radius 3 is 2.50 bits per heavy atom. The molecule has 0 spiro atoms. The molecule has 1 aromatic carbocycles. The summed E-state index contributed by atoms with van der Waals surface area (Å²) < 4.78 is 5.26. The van der Waals surface area contributed by atoms with Gasteiger partial charge >= 0.3 is 0 Å². The van der Waals surface area contributed by atoms with E-state index in [-0.39, 0.29) is 5.91 Å². The van der Waals surface area contributed by atoms with Gasteiger partial charge in [0.25, 0.3) is 5.91 Å². The summed E-state index contributed by atoms with van der Waals surface area (Å²) in [6.45, 7) is 1.71. The van der Waals surface area contributed by atoms with Crippen molar-refractivity contribution in [3.8, 4) is 11.3 Å². The second-order valence-corrected chi connectivity index (χ2v) is 8.72. The first-order valence-corrected chi connectivity index (χ1v) is 10.1. The highest BCUT2D eigenvalue weighted by Crippen LogP contribution is 2.43. The number of hydrogen-bond donors (Lipinski definition) is 1. The molecule has 2 fully saturated rings. The minimum absolute atomic E-state index is 0.250. The van der Waals surface area contributed by atoms with Crippen LogP contribution in [-0.4, -0.2) is 38.3 Å². The molecule has 1 aromatic heterocycles. The molecule has 0 aliphatic carbocycles. The van der Waals surface area contributed by atoms with Crippen LogP contribution in [0.25, 0.3) is 11.3 Å². The summed E-state index contributed by atoms with van der Waals surface area (Å²) in [5, 5.41) is 7.53. The van der Waals surface area contributed by atoms with Gasteiger partial charge in [-0.25, -0.2) is 0 Å². The second kappa shape index (κ2) is 6.46. The molecule has 0 saturated carbocycles. The van der Waals surface area contributed by atoms with Crippen LogP contribution in [0.4, 0.5) is 0 Å². The predicted molar refractivity (Wildman–Crippen MR) is 98.5 cm³/mol. The highest BCUT2D eigenvalue weighted by molar-refractivity contribution is 8.07. The van der Waals surface area contributed by atoms with Gasteiger partial charge in [-0.15, -0.1) is 23.5 Å². The fraction of sp³-hybridized carbons (Fsp3) is 0.333. The zero-order chi connectivity index (χ0) is 16.8. The number of amides is 1. The number of benzene rings is 1. The molecule has 2 aromatic rings. The van der Waals surface area contributed by atoms with Crippen molar-refractivity contribution in [1.29, 1.82) is 0 Å². The van der Waals surface area contributed by atoms with E-state index in [1.807, 2.05) is 28.5 Å². The Morgan fingerprint density at radius 2 is 1.92 bits per heavy atom. The molecule has 1 N–H and O–H groups in total. The Labute approximate surface area is 157 Å². The highest BCUT2D eigenvalue weighted by Gasteiger charge is 2.42. The zero-order valence-corrected chi connectivity index (χ0v) is 15.7. The fourth-order valence-corrected chi connectivity index (χ4v) is 6.55. The van der Waals surface area contributed by atoms with Crippen LogP contribution >= 0.6 is 46.7 Å². The molecule has 3 heterocycles. The number of hydrazine groups is 1. The molecule has 0 radical (unpaired) electrons. The lowest BCUT2D eigenvalue weighted by molar-refractivity contribution is 0.0797. The molecule has 5 nitrogen and oxygen atoms in total. The summed E-state index contributed by atoms with van der Waals surface area (Å²) in [5.74, 6) is 2.22. The van der Waals surface area contributed by atoms with Crippen molar-refractivity contribution < 1.29 is 9.32 Å². The van der Waals surface area contributed by atoms with Gasteiger partial charge in [-0.2, -0.15) is 5.01 Å². The molecule has 1 amide bonds. The van der Waals surface area contributed by atoms with Gasteiger partial charge in [-0.3, -0.25) is 10.2 Å². The number of fused-ring (bicyclic) bond motifs is 2. The Balaban J connectivity index is 1.69. The average Bonchev–Trinajstić information content (AvgIpc) is 3.22. The van der Waals surface area contributed by atoms with Crippen LogP contribution in [0, 0.1) is 6.92 Å². The van der Waals surface area contributed by atoms with Crippen molar-refractivity contribution in [2.45, 2.75) is 17.7 Å². The van der Waals surface area contributed by atoms with Gasteiger partial charge < -0.3 is 4.52 Å². The van der Waals surface area contributed by atoms with Gasteiger partial charge in [0.2, 0.25) is 0 Å². The molecule has 2 aliphatic heterocycles. The normalized spacial score (nSPS) is 23.0. The fourth-order valence-electron chi connectivity index (χ4n) is 2.84. The smallest absolute Gasteiger partial charge is 0.271 e. The third-order valence-electron chi connectivity index (χ3n) is 4.00. The number of thioether (sulfide) groups is 2. The molecule has 4 rings (SSSR count). The molecule has 9 heteroatoms. The van der Waals surface area contributed by atoms with Crippen LogP contribution in [0.15, 0.2) is 22.7 Å². The molecule has 2 bridgehead atoms. The summed E-state index contributed by atoms with van der Waals surface area (Å²) in [5.41, 5.74) is 4.24. The molecule has 2 atom stereocenters. The van der Waals surface area contributed by atoms with E-state index in [4.69, 9.17) is 27.7 Å². The van der Waals surface area contributed by atoms with E-state index < -0.39 is 0 Å². The SMILES string of the molecule is Cc1onc(-c2c(Cl)cccc2Cl)c1C(=O)NN1C2CSC1CS2. The summed E-state index contributed by atoms with van der Waals surface area (Å²) in [7, 11) is 0. The summed E-state index contributed by atoms with van der Waals surface area (Å²) >= 11 is 16.2. The van der Waals surface area contributed by atoms with E-state index in [2.05, 4.69) is 10.6 Å². The van der Waals surface area contributed by atoms with Crippen LogP contribution < -0.4 is 5.43 Å². The lowest BCUT2D eigenvalue weighted by Gasteiger charge is -2.20. The molecule has 2 unspecified atom stereocenters. The van der Waals surface area contributed by atoms with Crippen LogP contribution in [-0.2, 0) is 0 Å². The first-order valence-electron chi connectivity index (χ1n) is 7.29. The van der Waals surface area contributed by atoms with E-state index in [1.54, 1.807) is 25.1 Å². The second-order valence-electron chi connectivity index (χ2n) is 5.48. The number of rotatable bonds is 3. The number of nitrogens with zero attached hydrogens (tertiary/aromatic N) is 2. The number of aryl methyl sites for hydroxylation is 1. The number of carbonyl (C=O) groups is 1. The maximum Gasteiger partial charge on any atom is 0.271 e. The molecule has 2 aliphatic rings. The van der Waals surface area contributed by atoms with Crippen LogP contribution in [0.2, 0.25) is 10.0 Å². The third-order valence-corrected chi connectivity index (χ3v) is 7.63. The van der Waals surface area contributed by atoms with Crippen LogP contribution in [0.3, 0.4) is 0 Å². The van der Waals surface area contributed by atoms with Crippen molar-refractivity contribution in [2.24, 2.45) is 0 Å². The Morgan fingerprint density at radius 1 is 1.29 bits per heavy atom. The summed E-state index contributed by atoms with van der Waals surface area (Å²) in [6.07, 6.45) is 0. The predicted octanol–water partition coefficient (Wildman–Crippen LogP) is 4.05. The monoisotopic (exact) mass is 401 g/mol. The molecular formula is C15H13Cl2N3O2S2. The van der Waals surface area contributed by atoms with Crippen molar-refractivity contribution in [3.63, 3.8) is 0 Å². The lowest BCUT2D eigenvalue weighted by Crippen LogP contribution is -2.45. The Kier molecular flexibility index (Phi) is 4.47. The van der Waals surface area contributed by atoms with Gasteiger partial charge in [0.15, 0.2) is 0 Å². The van der Waals surface area contributed by atoms with Gasteiger partial charge in [-0.1, -0.05) is 34.4 Å². The number of halogens is 2. The van der Waals surface area contributed by atoms with E-state index in [9.17, 15) is 4.79 Å². The summed E-state index contributed by atoms with van der Waals surface area (Å²) in [6, 6.07) is 5.17. The molecule has 2 saturated heterocycles. The minimum Gasteiger partial charge on any atom is -0.360 e. The highest BCUT2D eigenvalue weighted by atomic mass is 35.5. The Hall–Kier alpha value is -0.860. The maximum absolute atomic E-state index is 12.9. The number of aromatic nitrogens is 1. The maximum atomic E-state index is 12.9. The van der Waals surface area contributed by atoms with Gasteiger partial charge in [-0.05, 0) is 19.1 Å². The first-order chi connectivity index (χ1) is 11.6.